The number of hydrogen-bond donors (Lipinski definition) is 1. The second-order valence-electron chi connectivity index (χ2n) is 8.19. The smallest absolute Gasteiger partial charge is 0.412 e. The maximum atomic E-state index is 12.7. The minimum Gasteiger partial charge on any atom is -0.460 e. The van der Waals surface area contributed by atoms with E-state index in [9.17, 15) is 9.59 Å². The van der Waals surface area contributed by atoms with Gasteiger partial charge in [-0.2, -0.15) is 0 Å². The molecule has 1 heterocycles. The molecule has 0 radical (unpaired) electrons. The number of nitrogens with zero attached hydrogens (tertiary/aromatic N) is 1. The summed E-state index contributed by atoms with van der Waals surface area (Å²) in [5, 5.41) is 0. The predicted octanol–water partition coefficient (Wildman–Crippen LogP) is 2.82. The van der Waals surface area contributed by atoms with Gasteiger partial charge in [-0.25, -0.2) is 4.79 Å². The van der Waals surface area contributed by atoms with Crippen molar-refractivity contribution in [2.75, 3.05) is 6.61 Å². The van der Waals surface area contributed by atoms with Crippen LogP contribution in [0, 0.1) is 0 Å². The largest absolute Gasteiger partial charge is 0.460 e. The monoisotopic (exact) mass is 378 g/mol. The molecule has 2 N–H and O–H groups in total. The predicted molar refractivity (Wildman–Crippen MR) is 101 cm³/mol. The van der Waals surface area contributed by atoms with Gasteiger partial charge in [-0.05, 0) is 40.2 Å². The molecule has 7 heteroatoms. The van der Waals surface area contributed by atoms with E-state index >= 15 is 0 Å². The molecule has 1 aromatic rings. The Kier molecular flexibility index (Phi) is 6.49. The van der Waals surface area contributed by atoms with Crippen molar-refractivity contribution in [3.63, 3.8) is 0 Å². The summed E-state index contributed by atoms with van der Waals surface area (Å²) in [5.41, 5.74) is 5.65. The molecule has 1 fully saturated rings. The molecule has 0 aliphatic carbocycles. The van der Waals surface area contributed by atoms with E-state index < -0.39 is 35.5 Å². The number of rotatable bonds is 5. The van der Waals surface area contributed by atoms with Crippen LogP contribution in [0.5, 0.6) is 0 Å². The first-order valence-corrected chi connectivity index (χ1v) is 9.11. The van der Waals surface area contributed by atoms with Crippen LogP contribution in [0.2, 0.25) is 0 Å². The number of hydrogen-bond acceptors (Lipinski definition) is 6. The van der Waals surface area contributed by atoms with Crippen LogP contribution in [0.1, 0.15) is 46.6 Å². The number of amides is 1. The van der Waals surface area contributed by atoms with Crippen molar-refractivity contribution in [2.24, 2.45) is 5.73 Å². The minimum atomic E-state index is -0.871. The van der Waals surface area contributed by atoms with Gasteiger partial charge in [0.1, 0.15) is 17.9 Å². The molecular weight excluding hydrogens is 348 g/mol. The fourth-order valence-corrected chi connectivity index (χ4v) is 3.00. The Bertz CT molecular complexity index is 654. The Morgan fingerprint density at radius 2 is 1.93 bits per heavy atom. The summed E-state index contributed by atoms with van der Waals surface area (Å²) in [6, 6.07) is 8.32. The van der Waals surface area contributed by atoms with Gasteiger partial charge in [0.2, 0.25) is 0 Å². The van der Waals surface area contributed by atoms with Crippen molar-refractivity contribution >= 4 is 12.1 Å². The van der Waals surface area contributed by atoms with Crippen molar-refractivity contribution in [3.05, 3.63) is 35.9 Å². The van der Waals surface area contributed by atoms with E-state index in [0.29, 0.717) is 0 Å². The third-order valence-electron chi connectivity index (χ3n) is 4.24. The number of esters is 1. The van der Waals surface area contributed by atoms with Crippen molar-refractivity contribution in [2.45, 2.75) is 71.1 Å². The third kappa shape index (κ3) is 5.94. The highest BCUT2D eigenvalue weighted by Crippen LogP contribution is 2.30. The summed E-state index contributed by atoms with van der Waals surface area (Å²) in [6.45, 7) is 9.33. The van der Waals surface area contributed by atoms with Crippen molar-refractivity contribution < 1.29 is 23.8 Å². The van der Waals surface area contributed by atoms with Gasteiger partial charge < -0.3 is 19.9 Å². The fraction of sp³-hybridized carbons (Fsp3) is 0.600. The number of nitrogens with two attached hydrogens (primary N) is 1. The van der Waals surface area contributed by atoms with Gasteiger partial charge in [-0.1, -0.05) is 30.3 Å². The highest BCUT2D eigenvalue weighted by molar-refractivity contribution is 5.72. The third-order valence-corrected chi connectivity index (χ3v) is 4.24. The molecule has 0 saturated carbocycles. The fourth-order valence-electron chi connectivity index (χ4n) is 3.00. The van der Waals surface area contributed by atoms with Crippen LogP contribution in [0.3, 0.4) is 0 Å². The minimum absolute atomic E-state index is 0.0101. The Morgan fingerprint density at radius 3 is 2.52 bits per heavy atom. The molecule has 0 unspecified atom stereocenters. The van der Waals surface area contributed by atoms with E-state index in [1.807, 2.05) is 30.3 Å². The SMILES string of the molecule is CC(C)(C)OC(=O)C[C@H](N)[C@@H]1COC(C)(C)N1C(=O)OCc1ccccc1. The molecule has 2 atom stereocenters. The van der Waals surface area contributed by atoms with Gasteiger partial charge in [0.15, 0.2) is 0 Å². The normalized spacial score (nSPS) is 20.2. The zero-order valence-corrected chi connectivity index (χ0v) is 16.7. The Hall–Kier alpha value is -2.12. The lowest BCUT2D eigenvalue weighted by molar-refractivity contribution is -0.155. The van der Waals surface area contributed by atoms with Crippen molar-refractivity contribution in [3.8, 4) is 0 Å². The van der Waals surface area contributed by atoms with Crippen LogP contribution in [-0.2, 0) is 25.6 Å². The average molecular weight is 378 g/mol. The number of benzene rings is 1. The number of ether oxygens (including phenoxy) is 3. The molecule has 1 aromatic carbocycles. The van der Waals surface area contributed by atoms with Crippen LogP contribution in [-0.4, -0.2) is 47.0 Å². The van der Waals surface area contributed by atoms with Gasteiger partial charge in [0, 0.05) is 6.04 Å². The van der Waals surface area contributed by atoms with Crippen LogP contribution in [0.25, 0.3) is 0 Å². The lowest BCUT2D eigenvalue weighted by Crippen LogP contribution is -2.54. The second-order valence-corrected chi connectivity index (χ2v) is 8.19. The van der Waals surface area contributed by atoms with Crippen LogP contribution < -0.4 is 5.73 Å². The highest BCUT2D eigenvalue weighted by atomic mass is 16.6. The molecule has 7 nitrogen and oxygen atoms in total. The van der Waals surface area contributed by atoms with E-state index in [1.165, 1.54) is 4.90 Å². The summed E-state index contributed by atoms with van der Waals surface area (Å²) in [4.78, 5) is 26.3. The first-order valence-electron chi connectivity index (χ1n) is 9.11. The lowest BCUT2D eigenvalue weighted by Gasteiger charge is -2.34. The van der Waals surface area contributed by atoms with Crippen LogP contribution >= 0.6 is 0 Å². The van der Waals surface area contributed by atoms with E-state index in [0.717, 1.165) is 5.56 Å². The first kappa shape index (κ1) is 21.2. The van der Waals surface area contributed by atoms with Gasteiger partial charge in [0.25, 0.3) is 0 Å². The Balaban J connectivity index is 2.02. The Labute approximate surface area is 160 Å². The first-order chi connectivity index (χ1) is 12.5. The summed E-state index contributed by atoms with van der Waals surface area (Å²) >= 11 is 0. The van der Waals surface area contributed by atoms with Crippen LogP contribution in [0.15, 0.2) is 30.3 Å². The molecule has 0 aromatic heterocycles. The maximum Gasteiger partial charge on any atom is 0.412 e. The molecule has 0 bridgehead atoms. The Morgan fingerprint density at radius 1 is 1.30 bits per heavy atom. The van der Waals surface area contributed by atoms with E-state index in [1.54, 1.807) is 34.6 Å². The zero-order valence-electron chi connectivity index (χ0n) is 16.7. The van der Waals surface area contributed by atoms with Gasteiger partial charge in [-0.15, -0.1) is 0 Å². The summed E-state index contributed by atoms with van der Waals surface area (Å²) in [6.07, 6.45) is -0.532. The molecule has 1 amide bonds. The number of carbonyl (C=O) groups excluding carboxylic acids is 2. The molecule has 1 saturated heterocycles. The van der Waals surface area contributed by atoms with Crippen molar-refractivity contribution in [1.29, 1.82) is 0 Å². The summed E-state index contributed by atoms with van der Waals surface area (Å²) < 4.78 is 16.5. The standard InChI is InChI=1S/C20H30N2O5/c1-19(2,3)27-17(23)11-15(21)16-13-26-20(4,5)22(16)18(24)25-12-14-9-7-6-8-10-14/h6-10,15-16H,11-13,21H2,1-5H3/t15-,16-/m0/s1. The molecule has 1 aliphatic heterocycles. The molecule has 1 aliphatic rings. The number of carbonyl (C=O) groups is 2. The van der Waals surface area contributed by atoms with E-state index in [4.69, 9.17) is 19.9 Å². The summed E-state index contributed by atoms with van der Waals surface area (Å²) in [7, 11) is 0. The highest BCUT2D eigenvalue weighted by Gasteiger charge is 2.47. The van der Waals surface area contributed by atoms with Gasteiger partial charge in [-0.3, -0.25) is 9.69 Å². The summed E-state index contributed by atoms with van der Waals surface area (Å²) in [5.74, 6) is -0.405. The zero-order chi connectivity index (χ0) is 20.2. The molecular formula is C20H30N2O5. The topological polar surface area (TPSA) is 91.1 Å². The van der Waals surface area contributed by atoms with E-state index in [2.05, 4.69) is 0 Å². The van der Waals surface area contributed by atoms with Crippen molar-refractivity contribution in [1.82, 2.24) is 4.90 Å². The average Bonchev–Trinajstić information content (AvgIpc) is 2.87. The molecule has 0 spiro atoms. The molecule has 27 heavy (non-hydrogen) atoms. The quantitative estimate of drug-likeness (QED) is 0.792. The van der Waals surface area contributed by atoms with Crippen LogP contribution in [0.4, 0.5) is 4.79 Å². The maximum absolute atomic E-state index is 12.7. The van der Waals surface area contributed by atoms with E-state index in [-0.39, 0.29) is 19.6 Å². The molecule has 150 valence electrons. The second kappa shape index (κ2) is 8.27. The van der Waals surface area contributed by atoms with Gasteiger partial charge in [0.05, 0.1) is 19.1 Å². The van der Waals surface area contributed by atoms with Gasteiger partial charge >= 0.3 is 12.1 Å². The molecule has 2 rings (SSSR count). The lowest BCUT2D eigenvalue weighted by atomic mass is 10.0.